The average molecular weight is 368 g/mol. The fourth-order valence-corrected chi connectivity index (χ4v) is 3.83. The maximum atomic E-state index is 12.3. The van der Waals surface area contributed by atoms with Crippen molar-refractivity contribution >= 4 is 33.1 Å². The van der Waals surface area contributed by atoms with Crippen LogP contribution in [0.4, 0.5) is 5.69 Å². The van der Waals surface area contributed by atoms with Gasteiger partial charge in [0.15, 0.2) is 11.5 Å². The van der Waals surface area contributed by atoms with E-state index in [1.807, 2.05) is 43.3 Å². The molecule has 0 radical (unpaired) electrons. The van der Waals surface area contributed by atoms with Gasteiger partial charge in [0.2, 0.25) is 5.91 Å². The van der Waals surface area contributed by atoms with Crippen molar-refractivity contribution in [3.05, 3.63) is 47.0 Å². The number of thiazole rings is 1. The minimum atomic E-state index is -0.00213. The molecule has 26 heavy (non-hydrogen) atoms. The van der Waals surface area contributed by atoms with Gasteiger partial charge >= 0.3 is 0 Å². The van der Waals surface area contributed by atoms with Gasteiger partial charge in [-0.1, -0.05) is 6.07 Å². The largest absolute Gasteiger partial charge is 0.490 e. The van der Waals surface area contributed by atoms with Gasteiger partial charge in [-0.15, -0.1) is 11.3 Å². The molecule has 5 nitrogen and oxygen atoms in total. The van der Waals surface area contributed by atoms with Crippen LogP contribution in [0.15, 0.2) is 36.4 Å². The van der Waals surface area contributed by atoms with Gasteiger partial charge in [0.1, 0.15) is 0 Å². The standard InChI is InChI=1S/C20H20N2O3S/c1-13-21-16-6-5-15(12-19(16)26-13)22-20(23)8-4-14-3-7-17-18(11-14)25-10-2-9-24-17/h3,5-7,11-12H,2,4,8-10H2,1H3,(H,22,23). The minimum absolute atomic E-state index is 0.00213. The van der Waals surface area contributed by atoms with Gasteiger partial charge in [0, 0.05) is 18.5 Å². The van der Waals surface area contributed by atoms with Gasteiger partial charge < -0.3 is 14.8 Å². The molecule has 2 aromatic carbocycles. The molecule has 6 heteroatoms. The molecule has 1 N–H and O–H groups in total. The smallest absolute Gasteiger partial charge is 0.224 e. The van der Waals surface area contributed by atoms with E-state index < -0.39 is 0 Å². The van der Waals surface area contributed by atoms with E-state index in [9.17, 15) is 4.79 Å². The van der Waals surface area contributed by atoms with E-state index in [1.165, 1.54) is 0 Å². The molecule has 2 heterocycles. The van der Waals surface area contributed by atoms with E-state index in [0.717, 1.165) is 44.4 Å². The highest BCUT2D eigenvalue weighted by molar-refractivity contribution is 7.18. The zero-order valence-electron chi connectivity index (χ0n) is 14.6. The van der Waals surface area contributed by atoms with Crippen molar-refractivity contribution in [3.8, 4) is 11.5 Å². The van der Waals surface area contributed by atoms with Crippen molar-refractivity contribution in [3.63, 3.8) is 0 Å². The van der Waals surface area contributed by atoms with E-state index in [0.29, 0.717) is 26.1 Å². The van der Waals surface area contributed by atoms with Crippen LogP contribution in [0.5, 0.6) is 11.5 Å². The summed E-state index contributed by atoms with van der Waals surface area (Å²) >= 11 is 1.63. The van der Waals surface area contributed by atoms with E-state index in [1.54, 1.807) is 11.3 Å². The van der Waals surface area contributed by atoms with Crippen LogP contribution in [0.2, 0.25) is 0 Å². The van der Waals surface area contributed by atoms with Gasteiger partial charge in [-0.05, 0) is 49.2 Å². The predicted octanol–water partition coefficient (Wildman–Crippen LogP) is 4.34. The summed E-state index contributed by atoms with van der Waals surface area (Å²) in [6.45, 7) is 3.33. The highest BCUT2D eigenvalue weighted by Crippen LogP contribution is 2.31. The van der Waals surface area contributed by atoms with Crippen molar-refractivity contribution in [2.24, 2.45) is 0 Å². The lowest BCUT2D eigenvalue weighted by Gasteiger charge is -2.09. The first-order valence-corrected chi connectivity index (χ1v) is 9.54. The molecule has 1 aliphatic heterocycles. The number of aromatic nitrogens is 1. The van der Waals surface area contributed by atoms with Crippen molar-refractivity contribution in [1.82, 2.24) is 4.98 Å². The number of nitrogens with zero attached hydrogens (tertiary/aromatic N) is 1. The maximum Gasteiger partial charge on any atom is 0.224 e. The van der Waals surface area contributed by atoms with Crippen molar-refractivity contribution in [2.75, 3.05) is 18.5 Å². The van der Waals surface area contributed by atoms with Crippen LogP contribution in [-0.2, 0) is 11.2 Å². The number of hydrogen-bond donors (Lipinski definition) is 1. The molecule has 0 aliphatic carbocycles. The normalized spacial score (nSPS) is 13.4. The number of hydrogen-bond acceptors (Lipinski definition) is 5. The number of carbonyl (C=O) groups excluding carboxylic acids is 1. The fraction of sp³-hybridized carbons (Fsp3) is 0.300. The number of ether oxygens (including phenoxy) is 2. The van der Waals surface area contributed by atoms with E-state index in [4.69, 9.17) is 9.47 Å². The molecule has 0 atom stereocenters. The van der Waals surface area contributed by atoms with Crippen LogP contribution >= 0.6 is 11.3 Å². The molecule has 0 saturated carbocycles. The van der Waals surface area contributed by atoms with Crippen molar-refractivity contribution < 1.29 is 14.3 Å². The second kappa shape index (κ2) is 7.33. The van der Waals surface area contributed by atoms with Crippen molar-refractivity contribution in [2.45, 2.75) is 26.2 Å². The first-order valence-electron chi connectivity index (χ1n) is 8.73. The molecule has 134 valence electrons. The summed E-state index contributed by atoms with van der Waals surface area (Å²) < 4.78 is 12.4. The summed E-state index contributed by atoms with van der Waals surface area (Å²) in [4.78, 5) is 16.7. The second-order valence-electron chi connectivity index (χ2n) is 6.30. The molecule has 1 aliphatic rings. The molecule has 3 aromatic rings. The third-order valence-corrected chi connectivity index (χ3v) is 5.17. The zero-order chi connectivity index (χ0) is 17.9. The Morgan fingerprint density at radius 2 is 2.00 bits per heavy atom. The molecule has 0 fully saturated rings. The lowest BCUT2D eigenvalue weighted by molar-refractivity contribution is -0.116. The number of fused-ring (bicyclic) bond motifs is 2. The van der Waals surface area contributed by atoms with Gasteiger partial charge in [-0.2, -0.15) is 0 Å². The molecule has 0 bridgehead atoms. The van der Waals surface area contributed by atoms with E-state index in [2.05, 4.69) is 10.3 Å². The van der Waals surface area contributed by atoms with Crippen LogP contribution in [0.25, 0.3) is 10.2 Å². The topological polar surface area (TPSA) is 60.5 Å². The molecular formula is C20H20N2O3S. The summed E-state index contributed by atoms with van der Waals surface area (Å²) in [5, 5.41) is 4.00. The van der Waals surface area contributed by atoms with Crippen molar-refractivity contribution in [1.29, 1.82) is 0 Å². The summed E-state index contributed by atoms with van der Waals surface area (Å²) in [6, 6.07) is 11.7. The first-order chi connectivity index (χ1) is 12.7. The van der Waals surface area contributed by atoms with Gasteiger partial charge in [0.25, 0.3) is 0 Å². The number of rotatable bonds is 4. The Labute approximate surface area is 156 Å². The first kappa shape index (κ1) is 16.8. The Morgan fingerprint density at radius 3 is 2.88 bits per heavy atom. The van der Waals surface area contributed by atoms with Crippen LogP contribution in [0.1, 0.15) is 23.4 Å². The van der Waals surface area contributed by atoms with Gasteiger partial charge in [-0.3, -0.25) is 4.79 Å². The molecule has 1 amide bonds. The Morgan fingerprint density at radius 1 is 1.15 bits per heavy atom. The summed E-state index contributed by atoms with van der Waals surface area (Å²) in [5.74, 6) is 1.55. The Bertz CT molecular complexity index is 951. The highest BCUT2D eigenvalue weighted by Gasteiger charge is 2.12. The lowest BCUT2D eigenvalue weighted by Crippen LogP contribution is -2.12. The minimum Gasteiger partial charge on any atom is -0.490 e. The van der Waals surface area contributed by atoms with Gasteiger partial charge in [-0.25, -0.2) is 4.98 Å². The number of anilines is 1. The molecule has 0 unspecified atom stereocenters. The van der Waals surface area contributed by atoms with Crippen LogP contribution in [0.3, 0.4) is 0 Å². The fourth-order valence-electron chi connectivity index (χ4n) is 2.96. The monoisotopic (exact) mass is 368 g/mol. The SMILES string of the molecule is Cc1nc2ccc(NC(=O)CCc3ccc4c(c3)OCCCO4)cc2s1. The number of nitrogens with one attached hydrogen (secondary N) is 1. The zero-order valence-corrected chi connectivity index (χ0v) is 15.4. The lowest BCUT2D eigenvalue weighted by atomic mass is 10.1. The molecule has 0 spiro atoms. The average Bonchev–Trinajstić information content (AvgIpc) is 2.84. The van der Waals surface area contributed by atoms with Crippen LogP contribution in [0, 0.1) is 6.92 Å². The highest BCUT2D eigenvalue weighted by atomic mass is 32.1. The molecular weight excluding hydrogens is 348 g/mol. The summed E-state index contributed by atoms with van der Waals surface area (Å²) in [6.07, 6.45) is 1.96. The quantitative estimate of drug-likeness (QED) is 0.744. The second-order valence-corrected chi connectivity index (χ2v) is 7.53. The third kappa shape index (κ3) is 3.80. The Balaban J connectivity index is 1.38. The summed E-state index contributed by atoms with van der Waals surface area (Å²) in [7, 11) is 0. The van der Waals surface area contributed by atoms with Gasteiger partial charge in [0.05, 0.1) is 28.4 Å². The van der Waals surface area contributed by atoms with E-state index >= 15 is 0 Å². The maximum absolute atomic E-state index is 12.3. The molecule has 4 rings (SSSR count). The Kier molecular flexibility index (Phi) is 4.75. The number of amides is 1. The van der Waals surface area contributed by atoms with E-state index in [-0.39, 0.29) is 5.91 Å². The molecule has 0 saturated heterocycles. The van der Waals surface area contributed by atoms with Crippen LogP contribution in [-0.4, -0.2) is 24.1 Å². The third-order valence-electron chi connectivity index (χ3n) is 4.23. The predicted molar refractivity (Wildman–Crippen MR) is 103 cm³/mol. The number of benzene rings is 2. The summed E-state index contributed by atoms with van der Waals surface area (Å²) in [5.41, 5.74) is 2.85. The Hall–Kier alpha value is -2.60. The molecule has 1 aromatic heterocycles. The number of aryl methyl sites for hydroxylation is 2. The van der Waals surface area contributed by atoms with Crippen LogP contribution < -0.4 is 14.8 Å². The number of carbonyl (C=O) groups is 1.